The Bertz CT molecular complexity index is 393. The van der Waals surface area contributed by atoms with Crippen molar-refractivity contribution in [2.24, 2.45) is 10.6 Å². The van der Waals surface area contributed by atoms with Crippen molar-refractivity contribution in [2.45, 2.75) is 34.1 Å². The van der Waals surface area contributed by atoms with E-state index in [-0.39, 0.29) is 22.6 Å². The van der Waals surface area contributed by atoms with E-state index in [9.17, 15) is 13.2 Å². The van der Waals surface area contributed by atoms with Crippen LogP contribution in [0, 0.1) is 5.41 Å². The summed E-state index contributed by atoms with van der Waals surface area (Å²) in [6.45, 7) is 7.17. The quantitative estimate of drug-likeness (QED) is 0.362. The summed E-state index contributed by atoms with van der Waals surface area (Å²) in [5.74, 6) is -0.0704. The minimum Gasteiger partial charge on any atom is -0.323 e. The molecule has 0 fully saturated rings. The third-order valence-electron chi connectivity index (χ3n) is 1.86. The van der Waals surface area contributed by atoms with Crippen LogP contribution in [-0.2, 0) is 14.7 Å². The zero-order valence-electron chi connectivity index (χ0n) is 10.9. The number of nitrogens with one attached hydrogen (secondary N) is 1. The molecule has 1 amide bonds. The number of carbonyl (C=O) groups excluding carboxylic acids is 1. The molecule has 0 saturated heterocycles. The van der Waals surface area contributed by atoms with Gasteiger partial charge in [0.2, 0.25) is 0 Å². The third-order valence-corrected chi connectivity index (χ3v) is 3.55. The number of hydrogen-bond donors (Lipinski definition) is 1. The molecule has 0 aliphatic rings. The van der Waals surface area contributed by atoms with Gasteiger partial charge in [-0.05, 0) is 5.41 Å². The van der Waals surface area contributed by atoms with E-state index in [1.54, 1.807) is 0 Å². The van der Waals surface area contributed by atoms with Crippen LogP contribution in [0.5, 0.6) is 0 Å². The molecule has 7 heteroatoms. The molecule has 0 aliphatic carbocycles. The van der Waals surface area contributed by atoms with Crippen LogP contribution < -0.4 is 5.32 Å². The smallest absolute Gasteiger partial charge is 0.323 e. The second-order valence-corrected chi connectivity index (χ2v) is 7.03. The zero-order chi connectivity index (χ0) is 13.7. The Hall–Kier alpha value is -1.11. The number of amides is 1. The summed E-state index contributed by atoms with van der Waals surface area (Å²) >= 11 is 0. The lowest BCUT2D eigenvalue weighted by molar-refractivity contribution is 0.153. The van der Waals surface area contributed by atoms with Gasteiger partial charge in [-0.15, -0.1) is 0 Å². The second kappa shape index (κ2) is 6.00. The number of oxime groups is 1. The van der Waals surface area contributed by atoms with Crippen molar-refractivity contribution in [3.8, 4) is 0 Å². The van der Waals surface area contributed by atoms with Gasteiger partial charge in [-0.3, -0.25) is 4.84 Å². The van der Waals surface area contributed by atoms with Crippen LogP contribution in [0.1, 0.15) is 34.1 Å². The van der Waals surface area contributed by atoms with Gasteiger partial charge in [0, 0.05) is 13.5 Å². The number of rotatable bonds is 3. The fraction of sp³-hybridized carbons (Fsp3) is 0.800. The van der Waals surface area contributed by atoms with Crippen molar-refractivity contribution in [2.75, 3.05) is 12.8 Å². The van der Waals surface area contributed by atoms with Gasteiger partial charge in [0.15, 0.2) is 14.9 Å². The standard InChI is InChI=1S/C10H20N2O4S/c1-6-17(14,15)8(7-10(2,3)4)12-16-9(13)11-5/h6-7H2,1-5H3,(H,11,13). The molecule has 0 aliphatic heterocycles. The van der Waals surface area contributed by atoms with E-state index >= 15 is 0 Å². The number of hydrogen-bond acceptors (Lipinski definition) is 5. The van der Waals surface area contributed by atoms with Crippen LogP contribution in [0.2, 0.25) is 0 Å². The van der Waals surface area contributed by atoms with Gasteiger partial charge in [0.05, 0.1) is 5.75 Å². The Labute approximate surface area is 102 Å². The van der Waals surface area contributed by atoms with E-state index in [1.807, 2.05) is 20.8 Å². The van der Waals surface area contributed by atoms with Crippen LogP contribution in [-0.4, -0.2) is 32.4 Å². The number of nitrogens with zero attached hydrogens (tertiary/aromatic N) is 1. The van der Waals surface area contributed by atoms with Crippen molar-refractivity contribution in [3.63, 3.8) is 0 Å². The Morgan fingerprint density at radius 1 is 1.35 bits per heavy atom. The maximum absolute atomic E-state index is 11.7. The predicted octanol–water partition coefficient (Wildman–Crippen LogP) is 1.53. The first kappa shape index (κ1) is 15.9. The largest absolute Gasteiger partial charge is 0.433 e. The lowest BCUT2D eigenvalue weighted by atomic mass is 9.93. The molecule has 0 aromatic rings. The molecule has 0 bridgehead atoms. The molecule has 0 aromatic heterocycles. The highest BCUT2D eigenvalue weighted by atomic mass is 32.2. The summed E-state index contributed by atoms with van der Waals surface area (Å²) in [5.41, 5.74) is -0.257. The van der Waals surface area contributed by atoms with E-state index in [2.05, 4.69) is 15.3 Å². The molecule has 0 saturated carbocycles. The predicted molar refractivity (Wildman–Crippen MR) is 66.5 cm³/mol. The van der Waals surface area contributed by atoms with E-state index in [0.717, 1.165) is 0 Å². The third kappa shape index (κ3) is 6.25. The Kier molecular flexibility index (Phi) is 5.60. The van der Waals surface area contributed by atoms with Crippen molar-refractivity contribution in [1.29, 1.82) is 0 Å². The van der Waals surface area contributed by atoms with Crippen molar-refractivity contribution in [3.05, 3.63) is 0 Å². The minimum absolute atomic E-state index is 0.0704. The van der Waals surface area contributed by atoms with Crippen LogP contribution in [0.25, 0.3) is 0 Å². The van der Waals surface area contributed by atoms with Gasteiger partial charge in [0.1, 0.15) is 0 Å². The molecule has 0 radical (unpaired) electrons. The minimum atomic E-state index is -3.45. The average molecular weight is 264 g/mol. The first-order valence-corrected chi connectivity index (χ1v) is 6.96. The second-order valence-electron chi connectivity index (χ2n) is 4.75. The van der Waals surface area contributed by atoms with Crippen LogP contribution >= 0.6 is 0 Å². The van der Waals surface area contributed by atoms with Gasteiger partial charge in [0.25, 0.3) is 0 Å². The summed E-state index contributed by atoms with van der Waals surface area (Å²) < 4.78 is 23.5. The molecular formula is C10H20N2O4S. The average Bonchev–Trinajstić information content (AvgIpc) is 2.21. The topological polar surface area (TPSA) is 84.8 Å². The number of sulfone groups is 1. The van der Waals surface area contributed by atoms with Gasteiger partial charge in [-0.25, -0.2) is 13.2 Å². The first-order valence-electron chi connectivity index (χ1n) is 5.30. The molecule has 0 atom stereocenters. The highest BCUT2D eigenvalue weighted by Gasteiger charge is 2.25. The Balaban J connectivity index is 5.07. The molecule has 17 heavy (non-hydrogen) atoms. The normalized spacial score (nSPS) is 13.4. The highest BCUT2D eigenvalue weighted by molar-refractivity contribution is 8.06. The van der Waals surface area contributed by atoms with Gasteiger partial charge >= 0.3 is 6.09 Å². The zero-order valence-corrected chi connectivity index (χ0v) is 11.7. The maximum Gasteiger partial charge on any atom is 0.433 e. The van der Waals surface area contributed by atoms with Gasteiger partial charge in [-0.2, -0.15) is 0 Å². The first-order chi connectivity index (χ1) is 7.62. The van der Waals surface area contributed by atoms with Crippen molar-refractivity contribution < 1.29 is 18.0 Å². The summed E-state index contributed by atoms with van der Waals surface area (Å²) in [6.07, 6.45) is -0.567. The summed E-state index contributed by atoms with van der Waals surface area (Å²) in [6, 6.07) is 0. The Morgan fingerprint density at radius 2 is 1.88 bits per heavy atom. The molecule has 0 heterocycles. The summed E-state index contributed by atoms with van der Waals surface area (Å²) in [7, 11) is -2.08. The van der Waals surface area contributed by atoms with Gasteiger partial charge in [-0.1, -0.05) is 32.9 Å². The molecule has 0 unspecified atom stereocenters. The molecule has 0 spiro atoms. The highest BCUT2D eigenvalue weighted by Crippen LogP contribution is 2.21. The van der Waals surface area contributed by atoms with E-state index in [4.69, 9.17) is 0 Å². The van der Waals surface area contributed by atoms with Crippen LogP contribution in [0.3, 0.4) is 0 Å². The monoisotopic (exact) mass is 264 g/mol. The van der Waals surface area contributed by atoms with E-state index in [1.165, 1.54) is 14.0 Å². The lowest BCUT2D eigenvalue weighted by Gasteiger charge is -2.18. The molecule has 0 aromatic carbocycles. The SMILES string of the molecule is CCS(=O)(=O)C(CC(C)(C)C)=NOC(=O)NC. The number of carbonyl (C=O) groups is 1. The summed E-state index contributed by atoms with van der Waals surface area (Å²) in [4.78, 5) is 15.3. The van der Waals surface area contributed by atoms with E-state index < -0.39 is 15.9 Å². The molecular weight excluding hydrogens is 244 g/mol. The molecule has 0 rings (SSSR count). The molecule has 6 nitrogen and oxygen atoms in total. The van der Waals surface area contributed by atoms with Crippen molar-refractivity contribution >= 4 is 21.0 Å². The maximum atomic E-state index is 11.7. The van der Waals surface area contributed by atoms with Crippen LogP contribution in [0.4, 0.5) is 4.79 Å². The van der Waals surface area contributed by atoms with Crippen molar-refractivity contribution in [1.82, 2.24) is 5.32 Å². The van der Waals surface area contributed by atoms with Crippen LogP contribution in [0.15, 0.2) is 5.16 Å². The summed E-state index contributed by atoms with van der Waals surface area (Å²) in [5, 5.41) is 5.53. The van der Waals surface area contributed by atoms with Gasteiger partial charge < -0.3 is 5.32 Å². The molecule has 1 N–H and O–H groups in total. The molecule has 100 valence electrons. The fourth-order valence-corrected chi connectivity index (χ4v) is 2.09. The lowest BCUT2D eigenvalue weighted by Crippen LogP contribution is -2.25. The van der Waals surface area contributed by atoms with E-state index in [0.29, 0.717) is 0 Å². The Morgan fingerprint density at radius 3 is 2.24 bits per heavy atom. The fourth-order valence-electron chi connectivity index (χ4n) is 0.957.